The van der Waals surface area contributed by atoms with Gasteiger partial charge in [-0.3, -0.25) is 14.8 Å². The Morgan fingerprint density at radius 2 is 1.79 bits per heavy atom. The van der Waals surface area contributed by atoms with Gasteiger partial charge in [0, 0.05) is 31.7 Å². The van der Waals surface area contributed by atoms with Crippen molar-refractivity contribution < 1.29 is 18.0 Å². The van der Waals surface area contributed by atoms with Crippen LogP contribution in [0.5, 0.6) is 0 Å². The number of benzene rings is 2. The molecule has 0 heterocycles. The lowest BCUT2D eigenvalue weighted by atomic mass is 10.1. The van der Waals surface area contributed by atoms with E-state index in [2.05, 4.69) is 32.9 Å². The Morgan fingerprint density at radius 3 is 2.38 bits per heavy atom. The standard InChI is InChI=1S/C30H36F3N5O.C3H6/c1-5-7-17-35-20-26(11-6-2)36-18-16-23-14-15-25(19-28(23)30(31,32)33)37-21-27(29(39)34-4)22(3)38-24-12-9-8-10-13-24;1-2-3-1/h6,8-16,18-19,21,35,37H,5,7,17,20H2,1-4H3,(H,34,39);1-3H2/b11-6-,18-16+,27-21+,36-26+,38-22?;. The van der Waals surface area contributed by atoms with E-state index in [1.54, 1.807) is 19.1 Å². The monoisotopic (exact) mass is 581 g/mol. The van der Waals surface area contributed by atoms with Crippen molar-refractivity contribution in [1.29, 1.82) is 0 Å². The summed E-state index contributed by atoms with van der Waals surface area (Å²) in [5, 5.41) is 8.63. The van der Waals surface area contributed by atoms with Crippen LogP contribution in [0.4, 0.5) is 24.5 Å². The molecule has 0 aliphatic heterocycles. The lowest BCUT2D eigenvalue weighted by molar-refractivity contribution is -0.137. The van der Waals surface area contributed by atoms with Crippen LogP contribution in [-0.4, -0.2) is 37.5 Å². The van der Waals surface area contributed by atoms with Crippen LogP contribution in [0.2, 0.25) is 0 Å². The summed E-state index contributed by atoms with van der Waals surface area (Å²) in [6.45, 7) is 6.99. The predicted octanol–water partition coefficient (Wildman–Crippen LogP) is 8.09. The molecule has 1 amide bonds. The maximum absolute atomic E-state index is 13.9. The molecule has 3 rings (SSSR count). The Kier molecular flexibility index (Phi) is 15.0. The van der Waals surface area contributed by atoms with Crippen LogP contribution in [0.1, 0.15) is 64.0 Å². The maximum atomic E-state index is 13.9. The first kappa shape index (κ1) is 34.2. The summed E-state index contributed by atoms with van der Waals surface area (Å²) in [7, 11) is 1.47. The van der Waals surface area contributed by atoms with Gasteiger partial charge in [0.05, 0.1) is 28.2 Å². The molecule has 2 aromatic rings. The van der Waals surface area contributed by atoms with E-state index in [1.807, 2.05) is 37.3 Å². The number of aliphatic imine (C=N–C) groups is 2. The Labute approximate surface area is 247 Å². The molecule has 0 bridgehead atoms. The summed E-state index contributed by atoms with van der Waals surface area (Å²) in [6.07, 6.45) is 9.73. The Hall–Kier alpha value is -3.98. The molecule has 0 saturated heterocycles. The molecule has 0 unspecified atom stereocenters. The molecule has 1 aliphatic rings. The van der Waals surface area contributed by atoms with Crippen molar-refractivity contribution >= 4 is 34.8 Å². The summed E-state index contributed by atoms with van der Waals surface area (Å²) in [4.78, 5) is 21.2. The number of unbranched alkanes of at least 4 members (excludes halogenated alkanes) is 1. The van der Waals surface area contributed by atoms with E-state index in [4.69, 9.17) is 0 Å². The number of nitrogens with one attached hydrogen (secondary N) is 3. The summed E-state index contributed by atoms with van der Waals surface area (Å²) in [5.41, 5.74) is 1.30. The zero-order valence-corrected chi connectivity index (χ0v) is 24.9. The van der Waals surface area contributed by atoms with Crippen LogP contribution in [0.15, 0.2) is 88.6 Å². The van der Waals surface area contributed by atoms with Crippen molar-refractivity contribution in [2.24, 2.45) is 9.98 Å². The van der Waals surface area contributed by atoms with E-state index in [1.165, 1.54) is 56.9 Å². The highest BCUT2D eigenvalue weighted by Gasteiger charge is 2.33. The molecule has 1 aliphatic carbocycles. The highest BCUT2D eigenvalue weighted by molar-refractivity contribution is 6.21. The quantitative estimate of drug-likeness (QED) is 0.127. The smallest absolute Gasteiger partial charge is 0.361 e. The number of anilines is 1. The minimum absolute atomic E-state index is 0.0205. The number of nitrogens with zero attached hydrogens (tertiary/aromatic N) is 2. The first-order chi connectivity index (χ1) is 20.2. The normalized spacial score (nSPS) is 14.1. The summed E-state index contributed by atoms with van der Waals surface area (Å²) < 4.78 is 41.7. The van der Waals surface area contributed by atoms with Gasteiger partial charge >= 0.3 is 6.18 Å². The van der Waals surface area contributed by atoms with Gasteiger partial charge in [-0.25, -0.2) is 0 Å². The number of allylic oxidation sites excluding steroid dienone is 1. The number of para-hydroxylation sites is 1. The number of alkyl halides is 3. The van der Waals surface area contributed by atoms with Crippen LogP contribution >= 0.6 is 0 Å². The lowest BCUT2D eigenvalue weighted by Gasteiger charge is -2.13. The molecule has 1 fully saturated rings. The van der Waals surface area contributed by atoms with Crippen molar-refractivity contribution in [3.05, 3.63) is 89.8 Å². The summed E-state index contributed by atoms with van der Waals surface area (Å²) in [5.74, 6) is -0.422. The van der Waals surface area contributed by atoms with Gasteiger partial charge in [0.1, 0.15) is 0 Å². The number of amides is 1. The fourth-order valence-electron chi connectivity index (χ4n) is 3.49. The highest BCUT2D eigenvalue weighted by Crippen LogP contribution is 2.34. The summed E-state index contributed by atoms with van der Waals surface area (Å²) in [6, 6.07) is 12.9. The third kappa shape index (κ3) is 13.1. The molecule has 42 heavy (non-hydrogen) atoms. The van der Waals surface area contributed by atoms with Gasteiger partial charge in [-0.2, -0.15) is 13.2 Å². The van der Waals surface area contributed by atoms with Crippen LogP contribution < -0.4 is 16.0 Å². The molecule has 0 radical (unpaired) electrons. The van der Waals surface area contributed by atoms with Crippen molar-refractivity contribution in [2.45, 2.75) is 59.1 Å². The molecular weight excluding hydrogens is 539 g/mol. The fourth-order valence-corrected chi connectivity index (χ4v) is 3.49. The zero-order valence-electron chi connectivity index (χ0n) is 24.9. The first-order valence-corrected chi connectivity index (χ1v) is 14.3. The third-order valence-electron chi connectivity index (χ3n) is 5.88. The molecule has 2 aromatic carbocycles. The van der Waals surface area contributed by atoms with E-state index in [0.717, 1.165) is 31.2 Å². The van der Waals surface area contributed by atoms with E-state index in [-0.39, 0.29) is 16.8 Å². The Bertz CT molecular complexity index is 1270. The average Bonchev–Trinajstić information content (AvgIpc) is 3.86. The number of halogens is 3. The lowest BCUT2D eigenvalue weighted by Crippen LogP contribution is -2.24. The number of hydrogen-bond acceptors (Lipinski definition) is 5. The van der Waals surface area contributed by atoms with E-state index in [9.17, 15) is 18.0 Å². The highest BCUT2D eigenvalue weighted by atomic mass is 19.4. The van der Waals surface area contributed by atoms with Gasteiger partial charge < -0.3 is 16.0 Å². The van der Waals surface area contributed by atoms with Gasteiger partial charge in [0.25, 0.3) is 5.91 Å². The number of hydrogen-bond donors (Lipinski definition) is 3. The van der Waals surface area contributed by atoms with Crippen molar-refractivity contribution in [3.8, 4) is 0 Å². The molecule has 3 N–H and O–H groups in total. The van der Waals surface area contributed by atoms with E-state index < -0.39 is 17.6 Å². The van der Waals surface area contributed by atoms with E-state index >= 15 is 0 Å². The second kappa shape index (κ2) is 18.5. The molecule has 226 valence electrons. The molecule has 0 aromatic heterocycles. The third-order valence-corrected chi connectivity index (χ3v) is 5.88. The zero-order chi connectivity index (χ0) is 30.8. The minimum atomic E-state index is -4.59. The molecular formula is C33H42F3N5O. The van der Waals surface area contributed by atoms with Crippen LogP contribution in [-0.2, 0) is 11.0 Å². The second-order valence-corrected chi connectivity index (χ2v) is 9.64. The van der Waals surface area contributed by atoms with E-state index in [0.29, 0.717) is 17.9 Å². The predicted molar refractivity (Wildman–Crippen MR) is 169 cm³/mol. The van der Waals surface area contributed by atoms with Gasteiger partial charge in [0.15, 0.2) is 0 Å². The Morgan fingerprint density at radius 1 is 1.07 bits per heavy atom. The minimum Gasteiger partial charge on any atom is -0.361 e. The molecule has 1 saturated carbocycles. The second-order valence-electron chi connectivity index (χ2n) is 9.64. The van der Waals surface area contributed by atoms with Crippen LogP contribution in [0.3, 0.4) is 0 Å². The van der Waals surface area contributed by atoms with Crippen molar-refractivity contribution in [3.63, 3.8) is 0 Å². The topological polar surface area (TPSA) is 77.9 Å². The van der Waals surface area contributed by atoms with Gasteiger partial charge in [-0.05, 0) is 68.8 Å². The number of carbonyl (C=O) groups excluding carboxylic acids is 1. The van der Waals surface area contributed by atoms with Crippen LogP contribution in [0, 0.1) is 0 Å². The number of carbonyl (C=O) groups is 1. The van der Waals surface area contributed by atoms with Crippen molar-refractivity contribution in [1.82, 2.24) is 10.6 Å². The van der Waals surface area contributed by atoms with Crippen LogP contribution in [0.25, 0.3) is 6.08 Å². The molecule has 6 nitrogen and oxygen atoms in total. The molecule has 0 spiro atoms. The summed E-state index contributed by atoms with van der Waals surface area (Å²) >= 11 is 0. The average molecular weight is 582 g/mol. The fraction of sp³-hybridized carbons (Fsp3) is 0.364. The van der Waals surface area contributed by atoms with Gasteiger partial charge in [-0.1, -0.05) is 62.9 Å². The molecule has 0 atom stereocenters. The largest absolute Gasteiger partial charge is 0.417 e. The van der Waals surface area contributed by atoms with Gasteiger partial charge in [-0.15, -0.1) is 0 Å². The van der Waals surface area contributed by atoms with Gasteiger partial charge in [0.2, 0.25) is 0 Å². The molecule has 9 heteroatoms. The SMILES string of the molecule is C1CC1.C\C=C/C(CNCCCC)=N\C=C\c1ccc(N/C=C(/C(=O)NC)C(C)=Nc2ccccc2)cc1C(F)(F)F. The number of rotatable bonds is 13. The Balaban J connectivity index is 0.00000192. The maximum Gasteiger partial charge on any atom is 0.417 e. The first-order valence-electron chi connectivity index (χ1n) is 14.3. The van der Waals surface area contributed by atoms with Crippen molar-refractivity contribution in [2.75, 3.05) is 25.5 Å². The number of likely N-dealkylation sites (N-methyl/N-ethyl adjacent to an activating group) is 1.